The largest absolute Gasteiger partial charge is 0.341 e. The van der Waals surface area contributed by atoms with Gasteiger partial charge in [-0.15, -0.1) is 0 Å². The number of nitrogens with zero attached hydrogens (tertiary/aromatic N) is 1. The molecule has 1 atom stereocenters. The molecule has 0 aromatic heterocycles. The second-order valence-corrected chi connectivity index (χ2v) is 5.54. The highest BCUT2D eigenvalue weighted by Crippen LogP contribution is 2.40. The van der Waals surface area contributed by atoms with Gasteiger partial charge in [0.1, 0.15) is 6.04 Å². The Balaban J connectivity index is 2.40. The minimum Gasteiger partial charge on any atom is -0.341 e. The Bertz CT molecular complexity index is 521. The number of para-hydroxylation sites is 1. The molecule has 1 aliphatic heterocycles. The monoisotopic (exact) mass is 344 g/mol. The Morgan fingerprint density at radius 2 is 2.26 bits per heavy atom. The Kier molecular flexibility index (Phi) is 4.47. The third kappa shape index (κ3) is 2.77. The molecule has 0 spiro atoms. The van der Waals surface area contributed by atoms with Crippen LogP contribution in [0.5, 0.6) is 0 Å². The van der Waals surface area contributed by atoms with Gasteiger partial charge in [0.15, 0.2) is 0 Å². The highest BCUT2D eigenvalue weighted by molar-refractivity contribution is 9.09. The van der Waals surface area contributed by atoms with E-state index in [0.29, 0.717) is 17.3 Å². The molecule has 1 heterocycles. The highest BCUT2D eigenvalue weighted by Gasteiger charge is 2.38. The Morgan fingerprint density at radius 3 is 2.89 bits per heavy atom. The van der Waals surface area contributed by atoms with Crippen molar-refractivity contribution in [3.8, 4) is 0 Å². The summed E-state index contributed by atoms with van der Waals surface area (Å²) in [5, 5.41) is 4.02. The third-order valence-corrected chi connectivity index (χ3v) is 3.84. The van der Waals surface area contributed by atoms with Crippen molar-refractivity contribution in [3.05, 3.63) is 28.8 Å². The minimum atomic E-state index is -0.624. The Morgan fingerprint density at radius 1 is 1.53 bits per heavy atom. The molecule has 102 valence electrons. The lowest BCUT2D eigenvalue weighted by atomic mass is 10.1. The number of carbonyl (C=O) groups excluding carboxylic acids is 2. The highest BCUT2D eigenvalue weighted by atomic mass is 79.9. The predicted octanol–water partition coefficient (Wildman–Crippen LogP) is 2.65. The zero-order valence-electron chi connectivity index (χ0n) is 10.5. The summed E-state index contributed by atoms with van der Waals surface area (Å²) in [6, 6.07) is 4.75. The van der Waals surface area contributed by atoms with E-state index < -0.39 is 6.04 Å². The molecule has 0 saturated heterocycles. The van der Waals surface area contributed by atoms with E-state index >= 15 is 0 Å². The first-order valence-corrected chi connectivity index (χ1v) is 7.49. The predicted molar refractivity (Wildman–Crippen MR) is 78.8 cm³/mol. The maximum atomic E-state index is 12.4. The van der Waals surface area contributed by atoms with Crippen LogP contribution in [-0.4, -0.2) is 23.7 Å². The number of rotatable bonds is 4. The van der Waals surface area contributed by atoms with Crippen LogP contribution in [0.25, 0.3) is 0 Å². The van der Waals surface area contributed by atoms with Gasteiger partial charge in [0.25, 0.3) is 5.91 Å². The standard InChI is InChI=1S/C13H14BrClN2O2/c1-8(18)16-11-9-4-2-5-10(15)12(9)17(13(11)19)7-3-6-14/h2,4-5,11H,3,6-7H2,1H3,(H,16,18)/t11-/m1/s1. The number of alkyl halides is 1. The van der Waals surface area contributed by atoms with E-state index in [2.05, 4.69) is 21.2 Å². The van der Waals surface area contributed by atoms with Gasteiger partial charge < -0.3 is 10.2 Å². The summed E-state index contributed by atoms with van der Waals surface area (Å²) in [4.78, 5) is 25.3. The number of benzene rings is 1. The molecule has 19 heavy (non-hydrogen) atoms. The second-order valence-electron chi connectivity index (χ2n) is 4.34. The molecule has 1 N–H and O–H groups in total. The molecule has 0 radical (unpaired) electrons. The minimum absolute atomic E-state index is 0.126. The first-order valence-electron chi connectivity index (χ1n) is 5.99. The van der Waals surface area contributed by atoms with Gasteiger partial charge in [-0.05, 0) is 12.5 Å². The van der Waals surface area contributed by atoms with Crippen molar-refractivity contribution < 1.29 is 9.59 Å². The summed E-state index contributed by atoms with van der Waals surface area (Å²) in [5.41, 5.74) is 1.48. The fraction of sp³-hybridized carbons (Fsp3) is 0.385. The quantitative estimate of drug-likeness (QED) is 0.853. The normalized spacial score (nSPS) is 17.5. The fourth-order valence-electron chi connectivity index (χ4n) is 2.23. The lowest BCUT2D eigenvalue weighted by Gasteiger charge is -2.18. The number of hydrogen-bond acceptors (Lipinski definition) is 2. The van der Waals surface area contributed by atoms with Crippen molar-refractivity contribution in [2.75, 3.05) is 16.8 Å². The lowest BCUT2D eigenvalue weighted by Crippen LogP contribution is -2.37. The van der Waals surface area contributed by atoms with E-state index in [9.17, 15) is 9.59 Å². The number of hydrogen-bond donors (Lipinski definition) is 1. The molecule has 4 nitrogen and oxygen atoms in total. The summed E-state index contributed by atoms with van der Waals surface area (Å²) in [6.07, 6.45) is 0.823. The zero-order chi connectivity index (χ0) is 14.0. The van der Waals surface area contributed by atoms with Crippen LogP contribution in [-0.2, 0) is 9.59 Å². The summed E-state index contributed by atoms with van der Waals surface area (Å²) >= 11 is 9.54. The van der Waals surface area contributed by atoms with E-state index in [4.69, 9.17) is 11.6 Å². The van der Waals surface area contributed by atoms with E-state index in [1.807, 2.05) is 6.07 Å². The topological polar surface area (TPSA) is 49.4 Å². The number of carbonyl (C=O) groups is 2. The van der Waals surface area contributed by atoms with Crippen LogP contribution in [0.2, 0.25) is 5.02 Å². The van der Waals surface area contributed by atoms with Crippen LogP contribution < -0.4 is 10.2 Å². The summed E-state index contributed by atoms with van der Waals surface area (Å²) in [6.45, 7) is 1.98. The third-order valence-electron chi connectivity index (χ3n) is 2.97. The molecule has 0 saturated carbocycles. The number of nitrogens with one attached hydrogen (secondary N) is 1. The smallest absolute Gasteiger partial charge is 0.254 e. The van der Waals surface area contributed by atoms with E-state index in [-0.39, 0.29) is 11.8 Å². The zero-order valence-corrected chi connectivity index (χ0v) is 12.8. The van der Waals surface area contributed by atoms with Gasteiger partial charge in [-0.1, -0.05) is 39.7 Å². The van der Waals surface area contributed by atoms with Crippen LogP contribution in [0, 0.1) is 0 Å². The van der Waals surface area contributed by atoms with Crippen LogP contribution in [0.3, 0.4) is 0 Å². The molecule has 1 aliphatic rings. The summed E-state index contributed by atoms with van der Waals surface area (Å²) < 4.78 is 0. The molecule has 1 aromatic carbocycles. The van der Waals surface area contributed by atoms with Crippen molar-refractivity contribution >= 4 is 45.0 Å². The maximum Gasteiger partial charge on any atom is 0.254 e. The van der Waals surface area contributed by atoms with Gasteiger partial charge in [0.2, 0.25) is 5.91 Å². The lowest BCUT2D eigenvalue weighted by molar-refractivity contribution is -0.126. The van der Waals surface area contributed by atoms with Gasteiger partial charge in [0, 0.05) is 24.4 Å². The van der Waals surface area contributed by atoms with Crippen molar-refractivity contribution in [1.29, 1.82) is 0 Å². The van der Waals surface area contributed by atoms with Gasteiger partial charge in [-0.3, -0.25) is 9.59 Å². The molecule has 0 aliphatic carbocycles. The van der Waals surface area contributed by atoms with Crippen LogP contribution in [0.15, 0.2) is 18.2 Å². The summed E-state index contributed by atoms with van der Waals surface area (Å²) in [7, 11) is 0. The average Bonchev–Trinajstić information content (AvgIpc) is 2.62. The van der Waals surface area contributed by atoms with E-state index in [0.717, 1.165) is 17.3 Å². The molecule has 6 heteroatoms. The molecule has 2 amide bonds. The van der Waals surface area contributed by atoms with Crippen molar-refractivity contribution in [3.63, 3.8) is 0 Å². The second kappa shape index (κ2) is 5.92. The Hall–Kier alpha value is -1.07. The first-order chi connectivity index (χ1) is 9.06. The molecule has 2 rings (SSSR count). The number of halogens is 2. The molecular formula is C13H14BrClN2O2. The van der Waals surface area contributed by atoms with E-state index in [1.54, 1.807) is 17.0 Å². The van der Waals surface area contributed by atoms with Crippen molar-refractivity contribution in [2.45, 2.75) is 19.4 Å². The maximum absolute atomic E-state index is 12.4. The van der Waals surface area contributed by atoms with Gasteiger partial charge in [-0.25, -0.2) is 0 Å². The Labute approximate surface area is 125 Å². The van der Waals surface area contributed by atoms with Gasteiger partial charge >= 0.3 is 0 Å². The molecular weight excluding hydrogens is 332 g/mol. The number of anilines is 1. The van der Waals surface area contributed by atoms with E-state index in [1.165, 1.54) is 6.92 Å². The SMILES string of the molecule is CC(=O)N[C@H]1C(=O)N(CCCBr)c2c(Cl)cccc21. The molecule has 0 unspecified atom stereocenters. The van der Waals surface area contributed by atoms with Crippen LogP contribution >= 0.6 is 27.5 Å². The molecule has 0 bridgehead atoms. The molecule has 1 aromatic rings. The van der Waals surface area contributed by atoms with Crippen LogP contribution in [0.1, 0.15) is 24.9 Å². The summed E-state index contributed by atoms with van der Waals surface area (Å²) in [5.74, 6) is -0.356. The fourth-order valence-corrected chi connectivity index (χ4v) is 2.77. The van der Waals surface area contributed by atoms with Crippen molar-refractivity contribution in [1.82, 2.24) is 5.32 Å². The van der Waals surface area contributed by atoms with Crippen LogP contribution in [0.4, 0.5) is 5.69 Å². The average molecular weight is 346 g/mol. The molecule has 0 fully saturated rings. The van der Waals surface area contributed by atoms with Gasteiger partial charge in [-0.2, -0.15) is 0 Å². The number of fused-ring (bicyclic) bond motifs is 1. The number of amides is 2. The van der Waals surface area contributed by atoms with Crippen molar-refractivity contribution in [2.24, 2.45) is 0 Å². The first kappa shape index (κ1) is 14.3. The van der Waals surface area contributed by atoms with Gasteiger partial charge in [0.05, 0.1) is 10.7 Å².